The Bertz CT molecular complexity index is 1010. The Hall–Kier alpha value is -2.53. The average molecular weight is 301 g/mol. The van der Waals surface area contributed by atoms with E-state index >= 15 is 0 Å². The van der Waals surface area contributed by atoms with E-state index in [0.29, 0.717) is 10.9 Å². The van der Waals surface area contributed by atoms with Crippen molar-refractivity contribution in [3.8, 4) is 5.69 Å². The van der Waals surface area contributed by atoms with Gasteiger partial charge in [0.25, 0.3) is 5.56 Å². The normalized spacial score (nSPS) is 12.6. The molecular weight excluding hydrogens is 295 g/mol. The molecule has 2 heterocycles. The van der Waals surface area contributed by atoms with E-state index in [-0.39, 0.29) is 22.1 Å². The minimum absolute atomic E-state index is 0.0182. The minimum atomic E-state index is -0.684. The molecule has 0 saturated carbocycles. The van der Waals surface area contributed by atoms with Crippen LogP contribution in [0.3, 0.4) is 0 Å². The van der Waals surface area contributed by atoms with E-state index in [9.17, 15) is 14.0 Å². The van der Waals surface area contributed by atoms with Crippen LogP contribution in [0.25, 0.3) is 16.6 Å². The first-order valence-corrected chi connectivity index (χ1v) is 6.51. The number of rotatable bonds is 0. The van der Waals surface area contributed by atoms with Crippen molar-refractivity contribution in [2.45, 2.75) is 0 Å². The van der Waals surface area contributed by atoms with Crippen LogP contribution in [-0.2, 0) is 0 Å². The summed E-state index contributed by atoms with van der Waals surface area (Å²) < 4.78 is 14.8. The first kappa shape index (κ1) is 12.2. The molecule has 0 radical (unpaired) electrons. The van der Waals surface area contributed by atoms with Gasteiger partial charge in [-0.25, -0.2) is 9.37 Å². The van der Waals surface area contributed by atoms with Crippen LogP contribution in [0.4, 0.5) is 4.39 Å². The second-order valence-electron chi connectivity index (χ2n) is 4.71. The number of aromatic nitrogens is 2. The molecule has 0 aliphatic carbocycles. The number of ketones is 1. The number of carbonyl (C=O) groups is 1. The molecule has 0 N–H and O–H groups in total. The van der Waals surface area contributed by atoms with Gasteiger partial charge in [-0.05, 0) is 18.2 Å². The maximum absolute atomic E-state index is 13.7. The van der Waals surface area contributed by atoms with E-state index in [2.05, 4.69) is 4.98 Å². The van der Waals surface area contributed by atoms with Crippen molar-refractivity contribution in [1.29, 1.82) is 0 Å². The number of nitrogens with zero attached hydrogens (tertiary/aromatic N) is 2. The molecule has 21 heavy (non-hydrogen) atoms. The fraction of sp³-hybridized carbons (Fsp3) is 0. The number of hydrogen-bond donors (Lipinski definition) is 0. The predicted molar refractivity (Wildman–Crippen MR) is 75.7 cm³/mol. The number of para-hydroxylation sites is 1. The van der Waals surface area contributed by atoms with Gasteiger partial charge in [0, 0.05) is 6.07 Å². The summed E-state index contributed by atoms with van der Waals surface area (Å²) >= 11 is 5.71. The zero-order valence-electron chi connectivity index (χ0n) is 10.4. The molecule has 2 aromatic carbocycles. The molecule has 102 valence electrons. The van der Waals surface area contributed by atoms with Crippen molar-refractivity contribution in [2.24, 2.45) is 0 Å². The lowest BCUT2D eigenvalue weighted by atomic mass is 10.1. The minimum Gasteiger partial charge on any atom is -0.285 e. The highest BCUT2D eigenvalue weighted by atomic mass is 35.5. The SMILES string of the molecule is O=C1c2cc(Cl)c(F)cc2-n2c1nc1ccccc1c2=O. The highest BCUT2D eigenvalue weighted by Gasteiger charge is 2.31. The third-order valence-corrected chi connectivity index (χ3v) is 3.79. The van der Waals surface area contributed by atoms with Gasteiger partial charge in [-0.3, -0.25) is 14.2 Å². The number of carbonyl (C=O) groups excluding carboxylic acids is 1. The van der Waals surface area contributed by atoms with E-state index in [1.807, 2.05) is 0 Å². The average Bonchev–Trinajstić information content (AvgIpc) is 2.74. The van der Waals surface area contributed by atoms with Crippen LogP contribution >= 0.6 is 11.6 Å². The third-order valence-electron chi connectivity index (χ3n) is 3.50. The molecule has 0 spiro atoms. The monoisotopic (exact) mass is 300 g/mol. The molecule has 0 bridgehead atoms. The fourth-order valence-corrected chi connectivity index (χ4v) is 2.70. The van der Waals surface area contributed by atoms with Crippen molar-refractivity contribution in [3.63, 3.8) is 0 Å². The highest BCUT2D eigenvalue weighted by Crippen LogP contribution is 2.30. The van der Waals surface area contributed by atoms with Crippen LogP contribution in [0.15, 0.2) is 41.2 Å². The number of hydrogen-bond acceptors (Lipinski definition) is 3. The topological polar surface area (TPSA) is 52.0 Å². The van der Waals surface area contributed by atoms with E-state index in [0.717, 1.165) is 10.6 Å². The maximum atomic E-state index is 13.7. The summed E-state index contributed by atoms with van der Waals surface area (Å²) in [5, 5.41) is 0.213. The second kappa shape index (κ2) is 3.99. The van der Waals surface area contributed by atoms with Crippen LogP contribution in [-0.4, -0.2) is 15.3 Å². The number of benzene rings is 2. The van der Waals surface area contributed by atoms with Crippen molar-refractivity contribution in [2.75, 3.05) is 0 Å². The van der Waals surface area contributed by atoms with Crippen LogP contribution in [0, 0.1) is 5.82 Å². The second-order valence-corrected chi connectivity index (χ2v) is 5.11. The van der Waals surface area contributed by atoms with Crippen molar-refractivity contribution >= 4 is 28.3 Å². The first-order chi connectivity index (χ1) is 10.1. The Balaban J connectivity index is 2.19. The van der Waals surface area contributed by atoms with Gasteiger partial charge in [0.2, 0.25) is 5.78 Å². The van der Waals surface area contributed by atoms with Crippen molar-refractivity contribution in [3.05, 3.63) is 69.0 Å². The van der Waals surface area contributed by atoms with E-state index in [4.69, 9.17) is 11.6 Å². The molecule has 4 rings (SSSR count). The van der Waals surface area contributed by atoms with Gasteiger partial charge in [-0.15, -0.1) is 0 Å². The number of fused-ring (bicyclic) bond motifs is 4. The standard InChI is InChI=1S/C15H6ClFN2O2/c16-9-5-8-12(6-10(9)17)19-14(13(8)20)18-11-4-2-1-3-7(11)15(19)21/h1-6H. The summed E-state index contributed by atoms with van der Waals surface area (Å²) in [6.45, 7) is 0. The Labute approximate surface area is 122 Å². The van der Waals surface area contributed by atoms with Gasteiger partial charge >= 0.3 is 0 Å². The Morgan fingerprint density at radius 1 is 1.14 bits per heavy atom. The summed E-state index contributed by atoms with van der Waals surface area (Å²) in [7, 11) is 0. The fourth-order valence-electron chi connectivity index (χ4n) is 2.53. The molecular formula is C15H6ClFN2O2. The van der Waals surface area contributed by atoms with Crippen LogP contribution < -0.4 is 5.56 Å². The molecule has 6 heteroatoms. The Morgan fingerprint density at radius 2 is 1.90 bits per heavy atom. The largest absolute Gasteiger partial charge is 0.285 e. The smallest absolute Gasteiger partial charge is 0.266 e. The molecule has 0 atom stereocenters. The molecule has 0 amide bonds. The quantitative estimate of drug-likeness (QED) is 0.502. The van der Waals surface area contributed by atoms with Gasteiger partial charge in [-0.2, -0.15) is 0 Å². The van der Waals surface area contributed by atoms with Crippen LogP contribution in [0.1, 0.15) is 16.2 Å². The van der Waals surface area contributed by atoms with Crippen LogP contribution in [0.2, 0.25) is 5.02 Å². The highest BCUT2D eigenvalue weighted by molar-refractivity contribution is 6.31. The van der Waals surface area contributed by atoms with E-state index < -0.39 is 17.2 Å². The molecule has 0 fully saturated rings. The molecule has 1 aliphatic rings. The third kappa shape index (κ3) is 1.52. The summed E-state index contributed by atoms with van der Waals surface area (Å²) in [4.78, 5) is 29.1. The summed E-state index contributed by atoms with van der Waals surface area (Å²) in [6.07, 6.45) is 0. The lowest BCUT2D eigenvalue weighted by molar-refractivity contribution is 0.103. The molecule has 4 nitrogen and oxygen atoms in total. The maximum Gasteiger partial charge on any atom is 0.266 e. The summed E-state index contributed by atoms with van der Waals surface area (Å²) in [6, 6.07) is 9.03. The molecule has 1 aromatic heterocycles. The summed E-state index contributed by atoms with van der Waals surface area (Å²) in [5.74, 6) is -1.14. The molecule has 0 unspecified atom stereocenters. The van der Waals surface area contributed by atoms with Gasteiger partial charge in [0.05, 0.1) is 27.2 Å². The van der Waals surface area contributed by atoms with Gasteiger partial charge in [0.1, 0.15) is 5.82 Å². The van der Waals surface area contributed by atoms with Gasteiger partial charge in [0.15, 0.2) is 5.82 Å². The summed E-state index contributed by atoms with van der Waals surface area (Å²) in [5.41, 5.74) is 0.396. The van der Waals surface area contributed by atoms with E-state index in [1.165, 1.54) is 6.07 Å². The molecule has 0 saturated heterocycles. The van der Waals surface area contributed by atoms with Gasteiger partial charge in [-0.1, -0.05) is 23.7 Å². The van der Waals surface area contributed by atoms with Gasteiger partial charge < -0.3 is 0 Å². The Morgan fingerprint density at radius 3 is 2.71 bits per heavy atom. The van der Waals surface area contributed by atoms with E-state index in [1.54, 1.807) is 24.3 Å². The molecule has 3 aromatic rings. The van der Waals surface area contributed by atoms with Crippen molar-refractivity contribution in [1.82, 2.24) is 9.55 Å². The zero-order chi connectivity index (χ0) is 14.7. The lowest BCUT2D eigenvalue weighted by Crippen LogP contribution is -2.21. The first-order valence-electron chi connectivity index (χ1n) is 6.14. The zero-order valence-corrected chi connectivity index (χ0v) is 11.2. The number of halogens is 2. The molecule has 1 aliphatic heterocycles. The Kier molecular flexibility index (Phi) is 2.32. The van der Waals surface area contributed by atoms with Crippen molar-refractivity contribution < 1.29 is 9.18 Å². The lowest BCUT2D eigenvalue weighted by Gasteiger charge is -2.05. The predicted octanol–water partition coefficient (Wildman–Crippen LogP) is 2.72. The van der Waals surface area contributed by atoms with Crippen LogP contribution in [0.5, 0.6) is 0 Å².